The second-order valence-electron chi connectivity index (χ2n) is 5.20. The van der Waals surface area contributed by atoms with Gasteiger partial charge < -0.3 is 10.2 Å². The number of non-ortho nitro benzene ring substituents is 1. The van der Waals surface area contributed by atoms with E-state index in [4.69, 9.17) is 0 Å². The molecule has 0 radical (unpaired) electrons. The summed E-state index contributed by atoms with van der Waals surface area (Å²) in [6, 6.07) is 5.38. The maximum absolute atomic E-state index is 10.7. The van der Waals surface area contributed by atoms with Crippen LogP contribution in [0.1, 0.15) is 0 Å². The van der Waals surface area contributed by atoms with Gasteiger partial charge in [0.15, 0.2) is 0 Å². The lowest BCUT2D eigenvalue weighted by atomic mass is 10.2. The summed E-state index contributed by atoms with van der Waals surface area (Å²) in [5, 5.41) is 14.1. The first kappa shape index (κ1) is 15.5. The molecule has 0 aliphatic carbocycles. The maximum atomic E-state index is 10.7. The van der Waals surface area contributed by atoms with Crippen molar-refractivity contribution in [1.82, 2.24) is 9.80 Å². The van der Waals surface area contributed by atoms with Crippen molar-refractivity contribution < 1.29 is 4.92 Å². The lowest BCUT2D eigenvalue weighted by molar-refractivity contribution is -0.384. The SMILES string of the molecule is CN1CCN(C)C(CNc2ccc([N+](=O)[O-])cc2I)C1. The largest absolute Gasteiger partial charge is 0.383 e. The standard InChI is InChI=1S/C13H19IN4O2/c1-16-5-6-17(2)11(9-16)8-15-13-4-3-10(18(19)20)7-12(13)14/h3-4,7,11,15H,5-6,8-9H2,1-2H3. The highest BCUT2D eigenvalue weighted by atomic mass is 127. The van der Waals surface area contributed by atoms with E-state index in [-0.39, 0.29) is 10.6 Å². The number of nitrogens with one attached hydrogen (secondary N) is 1. The van der Waals surface area contributed by atoms with Gasteiger partial charge in [-0.2, -0.15) is 0 Å². The minimum atomic E-state index is -0.365. The molecule has 1 saturated heterocycles. The molecule has 6 nitrogen and oxygen atoms in total. The Balaban J connectivity index is 1.98. The Labute approximate surface area is 132 Å². The van der Waals surface area contributed by atoms with E-state index in [9.17, 15) is 10.1 Å². The van der Waals surface area contributed by atoms with E-state index >= 15 is 0 Å². The Kier molecular flexibility index (Phi) is 5.17. The van der Waals surface area contributed by atoms with E-state index in [1.54, 1.807) is 18.2 Å². The van der Waals surface area contributed by atoms with Gasteiger partial charge in [0.25, 0.3) is 5.69 Å². The van der Waals surface area contributed by atoms with E-state index in [0.717, 1.165) is 35.4 Å². The molecule has 1 atom stereocenters. The second-order valence-corrected chi connectivity index (χ2v) is 6.36. The molecule has 1 aliphatic rings. The summed E-state index contributed by atoms with van der Waals surface area (Å²) in [7, 11) is 4.27. The van der Waals surface area contributed by atoms with Gasteiger partial charge in [0.2, 0.25) is 0 Å². The number of rotatable bonds is 4. The quantitative estimate of drug-likeness (QED) is 0.483. The molecule has 0 amide bonds. The van der Waals surface area contributed by atoms with E-state index in [1.807, 2.05) is 0 Å². The molecule has 1 N–H and O–H groups in total. The zero-order valence-corrected chi connectivity index (χ0v) is 13.8. The predicted molar refractivity (Wildman–Crippen MR) is 88.2 cm³/mol. The van der Waals surface area contributed by atoms with Gasteiger partial charge in [0.05, 0.1) is 4.92 Å². The minimum absolute atomic E-state index is 0.134. The molecule has 1 fully saturated rings. The molecule has 1 unspecified atom stereocenters. The fraction of sp³-hybridized carbons (Fsp3) is 0.538. The van der Waals surface area contributed by atoms with Crippen molar-refractivity contribution in [2.24, 2.45) is 0 Å². The van der Waals surface area contributed by atoms with E-state index in [1.165, 1.54) is 0 Å². The van der Waals surface area contributed by atoms with Crippen LogP contribution >= 0.6 is 22.6 Å². The maximum Gasteiger partial charge on any atom is 0.270 e. The van der Waals surface area contributed by atoms with Crippen LogP contribution in [0.2, 0.25) is 0 Å². The zero-order valence-electron chi connectivity index (χ0n) is 11.7. The fourth-order valence-electron chi connectivity index (χ4n) is 2.31. The molecule has 110 valence electrons. The van der Waals surface area contributed by atoms with Crippen LogP contribution in [0.25, 0.3) is 0 Å². The van der Waals surface area contributed by atoms with Crippen LogP contribution in [0.4, 0.5) is 11.4 Å². The number of nitro groups is 1. The van der Waals surface area contributed by atoms with Gasteiger partial charge in [0.1, 0.15) is 0 Å². The first-order valence-corrected chi connectivity index (χ1v) is 7.62. The van der Waals surface area contributed by atoms with Gasteiger partial charge in [0, 0.05) is 53.6 Å². The van der Waals surface area contributed by atoms with Crippen LogP contribution in [0, 0.1) is 13.7 Å². The highest BCUT2D eigenvalue weighted by Gasteiger charge is 2.22. The molecule has 1 aromatic rings. The molecule has 20 heavy (non-hydrogen) atoms. The van der Waals surface area contributed by atoms with Crippen molar-refractivity contribution >= 4 is 34.0 Å². The summed E-state index contributed by atoms with van der Waals surface area (Å²) in [5.41, 5.74) is 1.09. The number of nitrogens with zero attached hydrogens (tertiary/aromatic N) is 3. The number of hydrogen-bond acceptors (Lipinski definition) is 5. The Morgan fingerprint density at radius 3 is 2.85 bits per heavy atom. The van der Waals surface area contributed by atoms with Crippen molar-refractivity contribution in [3.8, 4) is 0 Å². The smallest absolute Gasteiger partial charge is 0.270 e. The van der Waals surface area contributed by atoms with Gasteiger partial charge >= 0.3 is 0 Å². The molecule has 0 aromatic heterocycles. The summed E-state index contributed by atoms with van der Waals surface area (Å²) in [6.07, 6.45) is 0. The number of piperazine rings is 1. The third kappa shape index (κ3) is 3.80. The van der Waals surface area contributed by atoms with Crippen molar-refractivity contribution in [3.63, 3.8) is 0 Å². The number of nitro benzene ring substituents is 1. The molecule has 1 aliphatic heterocycles. The van der Waals surface area contributed by atoms with Crippen molar-refractivity contribution in [3.05, 3.63) is 31.9 Å². The van der Waals surface area contributed by atoms with Crippen LogP contribution in [0.5, 0.6) is 0 Å². The number of hydrogen-bond donors (Lipinski definition) is 1. The normalized spacial score (nSPS) is 20.9. The van der Waals surface area contributed by atoms with Gasteiger partial charge in [-0.15, -0.1) is 0 Å². The molecule has 1 heterocycles. The monoisotopic (exact) mass is 390 g/mol. The topological polar surface area (TPSA) is 61.6 Å². The summed E-state index contributed by atoms with van der Waals surface area (Å²) >= 11 is 2.13. The molecule has 1 aromatic carbocycles. The zero-order chi connectivity index (χ0) is 14.7. The molecular formula is C13H19IN4O2. The molecule has 0 spiro atoms. The summed E-state index contributed by atoms with van der Waals surface area (Å²) in [4.78, 5) is 15.0. The lowest BCUT2D eigenvalue weighted by Crippen LogP contribution is -2.52. The first-order valence-electron chi connectivity index (χ1n) is 6.54. The number of anilines is 1. The van der Waals surface area contributed by atoms with Crippen LogP contribution < -0.4 is 5.32 Å². The molecule has 0 saturated carbocycles. The molecular weight excluding hydrogens is 371 g/mol. The third-order valence-electron chi connectivity index (χ3n) is 3.67. The lowest BCUT2D eigenvalue weighted by Gasteiger charge is -2.37. The molecule has 7 heteroatoms. The highest BCUT2D eigenvalue weighted by molar-refractivity contribution is 14.1. The molecule has 2 rings (SSSR count). The van der Waals surface area contributed by atoms with Crippen LogP contribution in [-0.2, 0) is 0 Å². The molecule has 0 bridgehead atoms. The third-order valence-corrected chi connectivity index (χ3v) is 4.56. The van der Waals surface area contributed by atoms with Crippen LogP contribution in [-0.4, -0.2) is 61.0 Å². The average molecular weight is 390 g/mol. The van der Waals surface area contributed by atoms with Crippen molar-refractivity contribution in [2.45, 2.75) is 6.04 Å². The van der Waals surface area contributed by atoms with Crippen LogP contribution in [0.15, 0.2) is 18.2 Å². The summed E-state index contributed by atoms with van der Waals surface area (Å²) in [5.74, 6) is 0. The second kappa shape index (κ2) is 6.68. The predicted octanol–water partition coefficient (Wildman–Crippen LogP) is 1.86. The Morgan fingerprint density at radius 2 is 2.20 bits per heavy atom. The highest BCUT2D eigenvalue weighted by Crippen LogP contribution is 2.23. The van der Waals surface area contributed by atoms with Crippen LogP contribution in [0.3, 0.4) is 0 Å². The summed E-state index contributed by atoms with van der Waals surface area (Å²) in [6.45, 7) is 4.05. The fourth-order valence-corrected chi connectivity index (χ4v) is 3.00. The Hall–Kier alpha value is -0.930. The van der Waals surface area contributed by atoms with Crippen molar-refractivity contribution in [1.29, 1.82) is 0 Å². The Bertz CT molecular complexity index is 497. The van der Waals surface area contributed by atoms with E-state index in [2.05, 4.69) is 51.8 Å². The number of halogens is 1. The minimum Gasteiger partial charge on any atom is -0.383 e. The van der Waals surface area contributed by atoms with Gasteiger partial charge in [-0.05, 0) is 42.8 Å². The summed E-state index contributed by atoms with van der Waals surface area (Å²) < 4.78 is 0.878. The average Bonchev–Trinajstić information content (AvgIpc) is 2.40. The van der Waals surface area contributed by atoms with Crippen molar-refractivity contribution in [2.75, 3.05) is 45.6 Å². The first-order chi connectivity index (χ1) is 9.47. The van der Waals surface area contributed by atoms with Gasteiger partial charge in [-0.25, -0.2) is 0 Å². The Morgan fingerprint density at radius 1 is 1.45 bits per heavy atom. The number of benzene rings is 1. The van der Waals surface area contributed by atoms with E-state index in [0.29, 0.717) is 6.04 Å². The van der Waals surface area contributed by atoms with Gasteiger partial charge in [-0.1, -0.05) is 0 Å². The van der Waals surface area contributed by atoms with E-state index < -0.39 is 0 Å². The number of likely N-dealkylation sites (N-methyl/N-ethyl adjacent to an activating group) is 2. The van der Waals surface area contributed by atoms with Gasteiger partial charge in [-0.3, -0.25) is 15.0 Å².